The zero-order valence-corrected chi connectivity index (χ0v) is 14.0. The average Bonchev–Trinajstić information content (AvgIpc) is 2.53. The number of halogens is 1. The molecule has 0 aliphatic carbocycles. The number of benzene rings is 2. The molecule has 2 aromatic rings. The lowest BCUT2D eigenvalue weighted by Gasteiger charge is -2.18. The van der Waals surface area contributed by atoms with Gasteiger partial charge >= 0.3 is 0 Å². The van der Waals surface area contributed by atoms with Crippen molar-refractivity contribution in [3.63, 3.8) is 0 Å². The molecule has 0 fully saturated rings. The van der Waals surface area contributed by atoms with Crippen LogP contribution in [0, 0.1) is 10.1 Å². The summed E-state index contributed by atoms with van der Waals surface area (Å²) in [6, 6.07) is 11.3. The van der Waals surface area contributed by atoms with E-state index in [0.29, 0.717) is 10.7 Å². The second-order valence-electron chi connectivity index (χ2n) is 5.23. The van der Waals surface area contributed by atoms with Gasteiger partial charge in [0.1, 0.15) is 5.69 Å². The molecule has 0 aliphatic rings. The Kier molecular flexibility index (Phi) is 5.59. The van der Waals surface area contributed by atoms with Gasteiger partial charge in [-0.1, -0.05) is 23.7 Å². The Morgan fingerprint density at radius 3 is 2.58 bits per heavy atom. The predicted molar refractivity (Wildman–Crippen MR) is 96.0 cm³/mol. The summed E-state index contributed by atoms with van der Waals surface area (Å²) in [4.78, 5) is 24.5. The Balaban J connectivity index is 2.07. The molecule has 126 valence electrons. The first-order valence-electron chi connectivity index (χ1n) is 7.12. The van der Waals surface area contributed by atoms with Crippen LogP contribution in [0.3, 0.4) is 0 Å². The topological polar surface area (TPSA) is 87.5 Å². The molecule has 7 nitrogen and oxygen atoms in total. The number of rotatable bonds is 6. The average molecular weight is 349 g/mol. The summed E-state index contributed by atoms with van der Waals surface area (Å²) >= 11 is 5.97. The summed E-state index contributed by atoms with van der Waals surface area (Å²) in [5.74, 6) is -0.335. The quantitative estimate of drug-likeness (QED) is 0.617. The summed E-state index contributed by atoms with van der Waals surface area (Å²) in [5, 5.41) is 17.0. The fourth-order valence-electron chi connectivity index (χ4n) is 2.15. The van der Waals surface area contributed by atoms with Gasteiger partial charge in [0.25, 0.3) is 5.69 Å². The molecule has 8 heteroatoms. The number of para-hydroxylation sites is 2. The fraction of sp³-hybridized carbons (Fsp3) is 0.188. The van der Waals surface area contributed by atoms with Gasteiger partial charge in [0.05, 0.1) is 22.8 Å². The molecule has 0 aliphatic heterocycles. The monoisotopic (exact) mass is 348 g/mol. The number of nitro benzene ring substituents is 1. The van der Waals surface area contributed by atoms with E-state index >= 15 is 0 Å². The van der Waals surface area contributed by atoms with Gasteiger partial charge in [-0.2, -0.15) is 0 Å². The van der Waals surface area contributed by atoms with Crippen LogP contribution in [0.5, 0.6) is 0 Å². The van der Waals surface area contributed by atoms with Crippen molar-refractivity contribution >= 4 is 40.3 Å². The van der Waals surface area contributed by atoms with Gasteiger partial charge in [-0.25, -0.2) is 0 Å². The van der Waals surface area contributed by atoms with E-state index in [-0.39, 0.29) is 23.8 Å². The van der Waals surface area contributed by atoms with Crippen molar-refractivity contribution in [2.24, 2.45) is 0 Å². The Hall–Kier alpha value is -2.80. The maximum absolute atomic E-state index is 12.1. The van der Waals surface area contributed by atoms with Crippen molar-refractivity contribution in [3.8, 4) is 0 Å². The van der Waals surface area contributed by atoms with E-state index in [2.05, 4.69) is 10.6 Å². The minimum atomic E-state index is -0.499. The molecule has 2 rings (SSSR count). The second-order valence-corrected chi connectivity index (χ2v) is 5.67. The van der Waals surface area contributed by atoms with Crippen LogP contribution in [0.15, 0.2) is 42.5 Å². The lowest BCUT2D eigenvalue weighted by atomic mass is 10.2. The van der Waals surface area contributed by atoms with Crippen LogP contribution in [0.1, 0.15) is 0 Å². The van der Waals surface area contributed by atoms with Gasteiger partial charge in [0, 0.05) is 25.2 Å². The number of carbonyl (C=O) groups is 1. The molecule has 0 bridgehead atoms. The highest BCUT2D eigenvalue weighted by molar-refractivity contribution is 6.31. The van der Waals surface area contributed by atoms with Crippen molar-refractivity contribution in [1.29, 1.82) is 0 Å². The van der Waals surface area contributed by atoms with Gasteiger partial charge in [-0.05, 0) is 24.3 Å². The molecule has 0 saturated carbocycles. The molecule has 0 aromatic heterocycles. The van der Waals surface area contributed by atoms with E-state index in [1.165, 1.54) is 6.07 Å². The number of hydrogen-bond donors (Lipinski definition) is 2. The first kappa shape index (κ1) is 17.6. The summed E-state index contributed by atoms with van der Waals surface area (Å²) < 4.78 is 0. The molecule has 0 heterocycles. The molecule has 0 spiro atoms. The molecular formula is C16H17ClN4O3. The van der Waals surface area contributed by atoms with E-state index in [9.17, 15) is 14.9 Å². The van der Waals surface area contributed by atoms with Crippen LogP contribution in [-0.2, 0) is 4.79 Å². The van der Waals surface area contributed by atoms with Gasteiger partial charge < -0.3 is 15.5 Å². The van der Waals surface area contributed by atoms with Crippen LogP contribution < -0.4 is 15.5 Å². The van der Waals surface area contributed by atoms with Crippen molar-refractivity contribution in [2.75, 3.05) is 36.2 Å². The normalized spacial score (nSPS) is 10.1. The summed E-state index contributed by atoms with van der Waals surface area (Å²) in [5.41, 5.74) is 1.58. The SMILES string of the molecule is CN(C)c1ccc(Cl)cc1NC(=O)CNc1ccccc1[N+](=O)[O-]. The van der Waals surface area contributed by atoms with E-state index in [0.717, 1.165) is 5.69 Å². The molecule has 1 amide bonds. The van der Waals surface area contributed by atoms with Crippen molar-refractivity contribution in [1.82, 2.24) is 0 Å². The minimum Gasteiger partial charge on any atom is -0.376 e. The first-order chi connectivity index (χ1) is 11.4. The van der Waals surface area contributed by atoms with Crippen molar-refractivity contribution in [3.05, 3.63) is 57.6 Å². The lowest BCUT2D eigenvalue weighted by Crippen LogP contribution is -2.23. The molecule has 0 saturated heterocycles. The van der Waals surface area contributed by atoms with Gasteiger partial charge in [0.15, 0.2) is 0 Å². The van der Waals surface area contributed by atoms with E-state index in [1.54, 1.807) is 36.4 Å². The number of nitrogens with zero attached hydrogens (tertiary/aromatic N) is 2. The summed E-state index contributed by atoms with van der Waals surface area (Å²) in [6.45, 7) is -0.107. The Bertz CT molecular complexity index is 765. The molecular weight excluding hydrogens is 332 g/mol. The van der Waals surface area contributed by atoms with Crippen LogP contribution in [0.4, 0.5) is 22.7 Å². The van der Waals surface area contributed by atoms with E-state index in [4.69, 9.17) is 11.6 Å². The molecule has 2 N–H and O–H groups in total. The maximum Gasteiger partial charge on any atom is 0.292 e. The van der Waals surface area contributed by atoms with E-state index in [1.807, 2.05) is 19.0 Å². The molecule has 0 atom stereocenters. The van der Waals surface area contributed by atoms with Gasteiger partial charge in [-0.3, -0.25) is 14.9 Å². The maximum atomic E-state index is 12.1. The molecule has 2 aromatic carbocycles. The van der Waals surface area contributed by atoms with E-state index < -0.39 is 4.92 Å². The molecule has 24 heavy (non-hydrogen) atoms. The number of carbonyl (C=O) groups excluding carboxylic acids is 1. The van der Waals surface area contributed by atoms with Gasteiger partial charge in [-0.15, -0.1) is 0 Å². The van der Waals surface area contributed by atoms with Crippen molar-refractivity contribution < 1.29 is 9.72 Å². The predicted octanol–water partition coefficient (Wildman–Crippen LogP) is 3.36. The highest BCUT2D eigenvalue weighted by Gasteiger charge is 2.14. The van der Waals surface area contributed by atoms with Crippen LogP contribution in [0.25, 0.3) is 0 Å². The van der Waals surface area contributed by atoms with Crippen LogP contribution in [-0.4, -0.2) is 31.5 Å². The van der Waals surface area contributed by atoms with Crippen LogP contribution in [0.2, 0.25) is 5.02 Å². The standard InChI is InChI=1S/C16H17ClN4O3/c1-20(2)14-8-7-11(17)9-13(14)19-16(22)10-18-12-5-3-4-6-15(12)21(23)24/h3-9,18H,10H2,1-2H3,(H,19,22). The third-order valence-electron chi connectivity index (χ3n) is 3.25. The smallest absolute Gasteiger partial charge is 0.292 e. The number of hydrogen-bond acceptors (Lipinski definition) is 5. The largest absolute Gasteiger partial charge is 0.376 e. The first-order valence-corrected chi connectivity index (χ1v) is 7.50. The summed E-state index contributed by atoms with van der Waals surface area (Å²) in [7, 11) is 3.70. The Morgan fingerprint density at radius 1 is 1.21 bits per heavy atom. The highest BCUT2D eigenvalue weighted by atomic mass is 35.5. The van der Waals surface area contributed by atoms with Crippen LogP contribution >= 0.6 is 11.6 Å². The third-order valence-corrected chi connectivity index (χ3v) is 3.49. The number of nitrogens with one attached hydrogen (secondary N) is 2. The minimum absolute atomic E-state index is 0.0814. The van der Waals surface area contributed by atoms with Crippen molar-refractivity contribution in [2.45, 2.75) is 0 Å². The molecule has 0 radical (unpaired) electrons. The number of nitro groups is 1. The number of amides is 1. The summed E-state index contributed by atoms with van der Waals surface area (Å²) in [6.07, 6.45) is 0. The highest BCUT2D eigenvalue weighted by Crippen LogP contribution is 2.28. The second kappa shape index (κ2) is 7.65. The Labute approximate surface area is 144 Å². The zero-order chi connectivity index (χ0) is 17.7. The fourth-order valence-corrected chi connectivity index (χ4v) is 2.32. The zero-order valence-electron chi connectivity index (χ0n) is 13.2. The Morgan fingerprint density at radius 2 is 1.92 bits per heavy atom. The number of anilines is 3. The lowest BCUT2D eigenvalue weighted by molar-refractivity contribution is -0.383. The molecule has 0 unspecified atom stereocenters. The third kappa shape index (κ3) is 4.36. The van der Waals surface area contributed by atoms with Gasteiger partial charge in [0.2, 0.25) is 5.91 Å².